The zero-order valence-electron chi connectivity index (χ0n) is 20.7. The number of aryl methyl sites for hydroxylation is 3. The Bertz CT molecular complexity index is 1300. The Morgan fingerprint density at radius 2 is 1.08 bits per heavy atom. The third kappa shape index (κ3) is 6.40. The molecule has 3 aromatic rings. The Hall–Kier alpha value is -4.04. The van der Waals surface area contributed by atoms with Gasteiger partial charge in [-0.05, 0) is 57.2 Å². The first-order valence-corrected chi connectivity index (χ1v) is 11.8. The molecule has 0 amide bonds. The van der Waals surface area contributed by atoms with Gasteiger partial charge in [0.1, 0.15) is 0 Å². The zero-order chi connectivity index (χ0) is 26.5. The largest absolute Gasteiger partial charge is 0.452 e. The molecule has 7 nitrogen and oxygen atoms in total. The van der Waals surface area contributed by atoms with Crippen LogP contribution in [-0.4, -0.2) is 49.2 Å². The fourth-order valence-corrected chi connectivity index (χ4v) is 4.01. The van der Waals surface area contributed by atoms with Crippen LogP contribution in [0.15, 0.2) is 72.8 Å². The van der Waals surface area contributed by atoms with Gasteiger partial charge in [-0.2, -0.15) is 0 Å². The van der Waals surface area contributed by atoms with E-state index in [1.54, 1.807) is 61.5 Å². The molecule has 3 aromatic carbocycles. The fourth-order valence-electron chi connectivity index (χ4n) is 4.01. The summed E-state index contributed by atoms with van der Waals surface area (Å²) in [6.45, 7) is 5.03. The van der Waals surface area contributed by atoms with E-state index >= 15 is 4.39 Å². The topological polar surface area (TPSA) is 88.1 Å². The van der Waals surface area contributed by atoms with Gasteiger partial charge in [-0.3, -0.25) is 0 Å². The van der Waals surface area contributed by atoms with E-state index in [2.05, 4.69) is 0 Å². The minimum Gasteiger partial charge on any atom is -0.452 e. The van der Waals surface area contributed by atoms with E-state index in [-0.39, 0.29) is 16.7 Å². The van der Waals surface area contributed by atoms with E-state index in [0.29, 0.717) is 0 Å². The highest BCUT2D eigenvalue weighted by Crippen LogP contribution is 2.27. The average molecular weight is 507 g/mol. The molecule has 1 saturated heterocycles. The number of esters is 3. The van der Waals surface area contributed by atoms with Gasteiger partial charge < -0.3 is 18.9 Å². The predicted molar refractivity (Wildman–Crippen MR) is 132 cm³/mol. The summed E-state index contributed by atoms with van der Waals surface area (Å²) in [5, 5.41) is 0. The highest BCUT2D eigenvalue weighted by atomic mass is 19.1. The number of carbonyl (C=O) groups excluding carboxylic acids is 3. The minimum atomic E-state index is -2.11. The minimum absolute atomic E-state index is 0.190. The lowest BCUT2D eigenvalue weighted by Gasteiger charge is -2.37. The van der Waals surface area contributed by atoms with Crippen molar-refractivity contribution in [3.63, 3.8) is 0 Å². The van der Waals surface area contributed by atoms with Crippen LogP contribution >= 0.6 is 0 Å². The van der Waals surface area contributed by atoms with Crippen molar-refractivity contribution in [3.05, 3.63) is 106 Å². The fraction of sp³-hybridized carbons (Fsp3) is 0.276. The summed E-state index contributed by atoms with van der Waals surface area (Å²) in [5.41, 5.74) is 3.13. The molecule has 0 radical (unpaired) electrons. The van der Waals surface area contributed by atoms with Crippen molar-refractivity contribution < 1.29 is 37.7 Å². The average Bonchev–Trinajstić information content (AvgIpc) is 2.87. The van der Waals surface area contributed by atoms with Crippen LogP contribution in [0.4, 0.5) is 4.39 Å². The number of hydrogen-bond acceptors (Lipinski definition) is 7. The van der Waals surface area contributed by atoms with Crippen LogP contribution in [0.1, 0.15) is 47.8 Å². The summed E-state index contributed by atoms with van der Waals surface area (Å²) in [6.07, 6.45) is -6.48. The second kappa shape index (κ2) is 11.3. The molecule has 1 fully saturated rings. The number of alkyl halides is 1. The Kier molecular flexibility index (Phi) is 7.98. The van der Waals surface area contributed by atoms with Crippen molar-refractivity contribution in [3.8, 4) is 0 Å². The number of benzene rings is 3. The van der Waals surface area contributed by atoms with Gasteiger partial charge in [-0.1, -0.05) is 53.1 Å². The molecule has 8 heteroatoms. The van der Waals surface area contributed by atoms with Gasteiger partial charge in [0.25, 0.3) is 0 Å². The molecular weight excluding hydrogens is 479 g/mol. The molecule has 4 atom stereocenters. The van der Waals surface area contributed by atoms with Gasteiger partial charge in [0, 0.05) is 0 Å². The number of ether oxygens (including phenoxy) is 4. The molecule has 1 aliphatic rings. The van der Waals surface area contributed by atoms with E-state index in [1.165, 1.54) is 6.07 Å². The zero-order valence-corrected chi connectivity index (χ0v) is 20.7. The number of halogens is 1. The second-order valence-corrected chi connectivity index (χ2v) is 8.98. The van der Waals surface area contributed by atoms with Crippen LogP contribution in [-0.2, 0) is 18.9 Å². The van der Waals surface area contributed by atoms with Crippen LogP contribution in [0.25, 0.3) is 0 Å². The van der Waals surface area contributed by atoms with Crippen molar-refractivity contribution in [1.29, 1.82) is 0 Å². The van der Waals surface area contributed by atoms with Crippen LogP contribution in [0.5, 0.6) is 0 Å². The number of hydrogen-bond donors (Lipinski definition) is 0. The Morgan fingerprint density at radius 1 is 0.676 bits per heavy atom. The van der Waals surface area contributed by atoms with Crippen molar-refractivity contribution in [2.24, 2.45) is 0 Å². The van der Waals surface area contributed by atoms with E-state index in [4.69, 9.17) is 18.9 Å². The van der Waals surface area contributed by atoms with Gasteiger partial charge in [0.15, 0.2) is 18.3 Å². The lowest BCUT2D eigenvalue weighted by atomic mass is 10.0. The monoisotopic (exact) mass is 506 g/mol. The SMILES string of the molecule is Cc1cccc(C(=O)O[C@@H]2[C@@H](OC(=O)c3cccc(C)c3)[C@H](OC(=O)c3cccc(C)c3)CO[C@H]2F)c1. The number of carbonyl (C=O) groups is 3. The molecule has 0 aliphatic carbocycles. The highest BCUT2D eigenvalue weighted by molar-refractivity contribution is 5.91. The molecule has 0 spiro atoms. The molecule has 0 saturated carbocycles. The Labute approximate surface area is 214 Å². The van der Waals surface area contributed by atoms with E-state index < -0.39 is 49.2 Å². The van der Waals surface area contributed by atoms with Gasteiger partial charge >= 0.3 is 17.9 Å². The lowest BCUT2D eigenvalue weighted by molar-refractivity contribution is -0.225. The van der Waals surface area contributed by atoms with Crippen LogP contribution < -0.4 is 0 Å². The molecule has 192 valence electrons. The molecule has 0 N–H and O–H groups in total. The summed E-state index contributed by atoms with van der Waals surface area (Å²) < 4.78 is 36.8. The quantitative estimate of drug-likeness (QED) is 0.347. The van der Waals surface area contributed by atoms with Crippen molar-refractivity contribution in [2.45, 2.75) is 45.4 Å². The van der Waals surface area contributed by atoms with Crippen LogP contribution in [0.2, 0.25) is 0 Å². The molecule has 1 heterocycles. The summed E-state index contributed by atoms with van der Waals surface area (Å²) >= 11 is 0. The number of rotatable bonds is 6. The summed E-state index contributed by atoms with van der Waals surface area (Å²) in [5.74, 6) is -2.33. The first-order valence-electron chi connectivity index (χ1n) is 11.8. The molecular formula is C29H27FO7. The van der Waals surface area contributed by atoms with E-state index in [1.807, 2.05) is 26.0 Å². The van der Waals surface area contributed by atoms with Gasteiger partial charge in [0.2, 0.25) is 6.36 Å². The Morgan fingerprint density at radius 3 is 1.51 bits per heavy atom. The van der Waals surface area contributed by atoms with Gasteiger partial charge in [-0.25, -0.2) is 18.8 Å². The molecule has 37 heavy (non-hydrogen) atoms. The maximum absolute atomic E-state index is 15.0. The van der Waals surface area contributed by atoms with Crippen molar-refractivity contribution >= 4 is 17.9 Å². The van der Waals surface area contributed by atoms with Gasteiger partial charge in [0.05, 0.1) is 23.3 Å². The maximum atomic E-state index is 15.0. The molecule has 0 aromatic heterocycles. The highest BCUT2D eigenvalue weighted by Gasteiger charge is 2.48. The van der Waals surface area contributed by atoms with Gasteiger partial charge in [-0.15, -0.1) is 0 Å². The first kappa shape index (κ1) is 26.0. The Balaban J connectivity index is 1.62. The second-order valence-electron chi connectivity index (χ2n) is 8.98. The summed E-state index contributed by atoms with van der Waals surface area (Å²) in [7, 11) is 0. The molecule has 0 unspecified atom stereocenters. The normalized spacial score (nSPS) is 21.1. The molecule has 0 bridgehead atoms. The van der Waals surface area contributed by atoms with E-state index in [9.17, 15) is 14.4 Å². The first-order chi connectivity index (χ1) is 17.7. The van der Waals surface area contributed by atoms with Crippen LogP contribution in [0.3, 0.4) is 0 Å². The lowest BCUT2D eigenvalue weighted by Crippen LogP contribution is -2.56. The summed E-state index contributed by atoms with van der Waals surface area (Å²) in [6, 6.07) is 19.9. The van der Waals surface area contributed by atoms with Crippen molar-refractivity contribution in [1.82, 2.24) is 0 Å². The maximum Gasteiger partial charge on any atom is 0.338 e. The standard InChI is InChI=1S/C29H27FO7/c1-17-7-4-10-20(13-17)27(31)35-23-16-34-26(30)25(37-29(33)22-12-6-9-19(3)15-22)24(23)36-28(32)21-11-5-8-18(2)14-21/h4-15,23-26H,16H2,1-3H3/t23-,24+,25-,26-/m1/s1. The smallest absolute Gasteiger partial charge is 0.338 e. The van der Waals surface area contributed by atoms with E-state index in [0.717, 1.165) is 16.7 Å². The van der Waals surface area contributed by atoms with Crippen LogP contribution in [0, 0.1) is 20.8 Å². The molecule has 4 rings (SSSR count). The van der Waals surface area contributed by atoms with Crippen molar-refractivity contribution in [2.75, 3.05) is 6.61 Å². The molecule has 1 aliphatic heterocycles. The third-order valence-corrected chi connectivity index (χ3v) is 5.87. The predicted octanol–water partition coefficient (Wildman–Crippen LogP) is 4.91. The summed E-state index contributed by atoms with van der Waals surface area (Å²) in [4.78, 5) is 38.7. The third-order valence-electron chi connectivity index (χ3n) is 5.87.